The number of hydrogen-bond acceptors (Lipinski definition) is 2. The second-order valence-electron chi connectivity index (χ2n) is 3.32. The van der Waals surface area contributed by atoms with Crippen LogP contribution in [-0.2, 0) is 0 Å². The lowest BCUT2D eigenvalue weighted by atomic mass is 10.1. The van der Waals surface area contributed by atoms with Gasteiger partial charge < -0.3 is 10.3 Å². The third-order valence-electron chi connectivity index (χ3n) is 2.28. The molecule has 0 aliphatic carbocycles. The van der Waals surface area contributed by atoms with E-state index < -0.39 is 17.3 Å². The summed E-state index contributed by atoms with van der Waals surface area (Å²) in [5, 5.41) is 3.15. The van der Waals surface area contributed by atoms with Gasteiger partial charge in [0.2, 0.25) is 0 Å². The van der Waals surface area contributed by atoms with Crippen molar-refractivity contribution < 1.29 is 9.18 Å². The first kappa shape index (κ1) is 10.4. The average Bonchev–Trinajstić information content (AvgIpc) is 2.27. The summed E-state index contributed by atoms with van der Waals surface area (Å²) in [6.07, 6.45) is 0. The Morgan fingerprint density at radius 2 is 2.12 bits per heavy atom. The maximum atomic E-state index is 13.0. The zero-order valence-corrected chi connectivity index (χ0v) is 8.50. The molecule has 0 bridgehead atoms. The van der Waals surface area contributed by atoms with Crippen LogP contribution in [0.2, 0.25) is 0 Å². The first-order chi connectivity index (χ1) is 7.61. The minimum absolute atomic E-state index is 0.116. The van der Waals surface area contributed by atoms with Gasteiger partial charge in [-0.25, -0.2) is 4.39 Å². The van der Waals surface area contributed by atoms with Crippen molar-refractivity contribution in [1.82, 2.24) is 10.3 Å². The maximum absolute atomic E-state index is 13.0. The van der Waals surface area contributed by atoms with Crippen molar-refractivity contribution in [3.63, 3.8) is 0 Å². The van der Waals surface area contributed by atoms with E-state index in [2.05, 4.69) is 10.3 Å². The Labute approximate surface area is 90.1 Å². The molecule has 2 rings (SSSR count). The normalized spacial score (nSPS) is 10.4. The number of H-pyrrole nitrogens is 1. The molecule has 0 radical (unpaired) electrons. The lowest BCUT2D eigenvalue weighted by molar-refractivity contribution is 0.0958. The Kier molecular flexibility index (Phi) is 2.44. The number of aromatic nitrogens is 1. The summed E-state index contributed by atoms with van der Waals surface area (Å²) in [5.41, 5.74) is -0.290. The molecule has 0 atom stereocenters. The van der Waals surface area contributed by atoms with E-state index in [4.69, 9.17) is 0 Å². The van der Waals surface area contributed by atoms with Gasteiger partial charge in [0, 0.05) is 12.4 Å². The van der Waals surface area contributed by atoms with E-state index in [1.807, 2.05) is 0 Å². The van der Waals surface area contributed by atoms with E-state index in [0.717, 1.165) is 0 Å². The molecule has 0 saturated carbocycles. The minimum atomic E-state index is -0.444. The Morgan fingerprint density at radius 1 is 1.38 bits per heavy atom. The lowest BCUT2D eigenvalue weighted by Crippen LogP contribution is -2.22. The van der Waals surface area contributed by atoms with E-state index in [1.165, 1.54) is 31.3 Å². The first-order valence-electron chi connectivity index (χ1n) is 4.66. The molecular formula is C11H9FN2O2. The van der Waals surface area contributed by atoms with Crippen LogP contribution in [0, 0.1) is 5.82 Å². The van der Waals surface area contributed by atoms with E-state index in [9.17, 15) is 14.0 Å². The second-order valence-corrected chi connectivity index (χ2v) is 3.32. The number of carbonyl (C=O) groups is 1. The summed E-state index contributed by atoms with van der Waals surface area (Å²) in [6.45, 7) is 0. The summed E-state index contributed by atoms with van der Waals surface area (Å²) in [4.78, 5) is 25.3. The summed E-state index contributed by atoms with van der Waals surface area (Å²) < 4.78 is 13.0. The lowest BCUT2D eigenvalue weighted by Gasteiger charge is -2.02. The molecule has 16 heavy (non-hydrogen) atoms. The standard InChI is InChI=1S/C11H9FN2O2/c1-13-11(16)9-5-6-4-7(12)2-3-8(6)10(15)14-9/h2-5H,1H3,(H,13,16)(H,14,15). The van der Waals surface area contributed by atoms with Crippen LogP contribution < -0.4 is 10.9 Å². The number of pyridine rings is 1. The van der Waals surface area contributed by atoms with Crippen molar-refractivity contribution in [1.29, 1.82) is 0 Å². The van der Waals surface area contributed by atoms with Gasteiger partial charge in [-0.1, -0.05) is 0 Å². The van der Waals surface area contributed by atoms with E-state index in [1.54, 1.807) is 0 Å². The number of aromatic amines is 1. The molecule has 4 nitrogen and oxygen atoms in total. The molecule has 1 aromatic heterocycles. The highest BCUT2D eigenvalue weighted by Gasteiger charge is 2.07. The molecule has 0 aliphatic heterocycles. The molecule has 0 unspecified atom stereocenters. The number of rotatable bonds is 1. The van der Waals surface area contributed by atoms with Crippen LogP contribution in [0.1, 0.15) is 10.5 Å². The van der Waals surface area contributed by atoms with Crippen molar-refractivity contribution in [2.75, 3.05) is 7.05 Å². The zero-order valence-electron chi connectivity index (χ0n) is 8.50. The van der Waals surface area contributed by atoms with Gasteiger partial charge in [-0.2, -0.15) is 0 Å². The van der Waals surface area contributed by atoms with Crippen molar-refractivity contribution in [3.8, 4) is 0 Å². The molecule has 1 amide bonds. The topological polar surface area (TPSA) is 62.0 Å². The van der Waals surface area contributed by atoms with E-state index in [-0.39, 0.29) is 5.69 Å². The van der Waals surface area contributed by atoms with Crippen LogP contribution in [-0.4, -0.2) is 17.9 Å². The van der Waals surface area contributed by atoms with Gasteiger partial charge in [-0.3, -0.25) is 9.59 Å². The average molecular weight is 220 g/mol. The van der Waals surface area contributed by atoms with Gasteiger partial charge in [0.25, 0.3) is 11.5 Å². The summed E-state index contributed by atoms with van der Waals surface area (Å²) in [5.74, 6) is -0.857. The first-order valence-corrected chi connectivity index (χ1v) is 4.66. The largest absolute Gasteiger partial charge is 0.354 e. The predicted octanol–water partition coefficient (Wildman–Crippen LogP) is 1.03. The number of amides is 1. The van der Waals surface area contributed by atoms with E-state index >= 15 is 0 Å². The third-order valence-corrected chi connectivity index (χ3v) is 2.28. The SMILES string of the molecule is CNC(=O)c1cc2cc(F)ccc2c(=O)[nH]1. The maximum Gasteiger partial charge on any atom is 0.267 e. The molecule has 1 aromatic carbocycles. The highest BCUT2D eigenvalue weighted by molar-refractivity contribution is 5.96. The Bertz CT molecular complexity index is 619. The molecule has 2 N–H and O–H groups in total. The number of benzene rings is 1. The molecular weight excluding hydrogens is 211 g/mol. The number of carbonyl (C=O) groups excluding carboxylic acids is 1. The summed E-state index contributed by atoms with van der Waals surface area (Å²) in [6, 6.07) is 5.25. The number of nitrogens with one attached hydrogen (secondary N) is 2. The fraction of sp³-hybridized carbons (Fsp3) is 0.0909. The van der Waals surface area contributed by atoms with Gasteiger partial charge >= 0.3 is 0 Å². The van der Waals surface area contributed by atoms with Crippen LogP contribution in [0.25, 0.3) is 10.8 Å². The summed E-state index contributed by atoms with van der Waals surface area (Å²) in [7, 11) is 1.45. The fourth-order valence-electron chi connectivity index (χ4n) is 1.50. The molecule has 0 saturated heterocycles. The van der Waals surface area contributed by atoms with Gasteiger partial charge in [0.1, 0.15) is 11.5 Å². The molecule has 5 heteroatoms. The quantitative estimate of drug-likeness (QED) is 0.753. The fourth-order valence-corrected chi connectivity index (χ4v) is 1.50. The number of halogens is 1. The van der Waals surface area contributed by atoms with Gasteiger partial charge in [0.05, 0.1) is 0 Å². The van der Waals surface area contributed by atoms with Crippen LogP contribution in [0.15, 0.2) is 29.1 Å². The van der Waals surface area contributed by atoms with Crippen molar-refractivity contribution in [3.05, 3.63) is 46.1 Å². The van der Waals surface area contributed by atoms with Gasteiger partial charge in [0.15, 0.2) is 0 Å². The number of fused-ring (bicyclic) bond motifs is 1. The van der Waals surface area contributed by atoms with Crippen molar-refractivity contribution in [2.45, 2.75) is 0 Å². The Morgan fingerprint density at radius 3 is 2.81 bits per heavy atom. The Hall–Kier alpha value is -2.17. The molecule has 1 heterocycles. The highest BCUT2D eigenvalue weighted by atomic mass is 19.1. The molecule has 0 spiro atoms. The van der Waals surface area contributed by atoms with E-state index in [0.29, 0.717) is 10.8 Å². The molecule has 2 aromatic rings. The second kappa shape index (κ2) is 3.77. The summed E-state index contributed by atoms with van der Waals surface area (Å²) >= 11 is 0. The van der Waals surface area contributed by atoms with Gasteiger partial charge in [-0.05, 0) is 29.7 Å². The number of hydrogen-bond donors (Lipinski definition) is 2. The molecule has 82 valence electrons. The van der Waals surface area contributed by atoms with Crippen LogP contribution in [0.5, 0.6) is 0 Å². The van der Waals surface area contributed by atoms with Gasteiger partial charge in [-0.15, -0.1) is 0 Å². The monoisotopic (exact) mass is 220 g/mol. The van der Waals surface area contributed by atoms with Crippen LogP contribution >= 0.6 is 0 Å². The minimum Gasteiger partial charge on any atom is -0.354 e. The molecule has 0 aliphatic rings. The third kappa shape index (κ3) is 1.67. The zero-order chi connectivity index (χ0) is 11.7. The van der Waals surface area contributed by atoms with Crippen LogP contribution in [0.4, 0.5) is 4.39 Å². The Balaban J connectivity index is 2.75. The van der Waals surface area contributed by atoms with Crippen molar-refractivity contribution in [2.24, 2.45) is 0 Å². The van der Waals surface area contributed by atoms with Crippen LogP contribution in [0.3, 0.4) is 0 Å². The highest BCUT2D eigenvalue weighted by Crippen LogP contribution is 2.12. The smallest absolute Gasteiger partial charge is 0.267 e. The molecule has 0 fully saturated rings. The van der Waals surface area contributed by atoms with Crippen molar-refractivity contribution >= 4 is 16.7 Å². The predicted molar refractivity (Wildman–Crippen MR) is 57.9 cm³/mol.